The standard InChI is InChI=1S/C19H28N2O3.ClH/c1-13(22)16-9-6-10-17(11-16)24-14(2)19(23)21-18(12-20)15-7-4-3-5-8-15;/h6,9-11,14-15,18H,3-5,7-8,12,20H2,1-2H3,(H,21,23);1H. The summed E-state index contributed by atoms with van der Waals surface area (Å²) in [6.45, 7) is 3.67. The molecule has 5 nitrogen and oxygen atoms in total. The van der Waals surface area contributed by atoms with Crippen LogP contribution in [0.2, 0.25) is 0 Å². The quantitative estimate of drug-likeness (QED) is 0.724. The average Bonchev–Trinajstić information content (AvgIpc) is 2.60. The molecule has 1 aromatic rings. The van der Waals surface area contributed by atoms with Crippen molar-refractivity contribution in [2.45, 2.75) is 58.1 Å². The molecule has 2 unspecified atom stereocenters. The van der Waals surface area contributed by atoms with Gasteiger partial charge in [0.15, 0.2) is 11.9 Å². The fraction of sp³-hybridized carbons (Fsp3) is 0.579. The highest BCUT2D eigenvalue weighted by Crippen LogP contribution is 2.26. The largest absolute Gasteiger partial charge is 0.481 e. The van der Waals surface area contributed by atoms with Gasteiger partial charge in [-0.25, -0.2) is 0 Å². The number of ether oxygens (including phenoxy) is 1. The number of ketones is 1. The van der Waals surface area contributed by atoms with E-state index in [4.69, 9.17) is 10.5 Å². The molecule has 140 valence electrons. The van der Waals surface area contributed by atoms with Crippen LogP contribution in [0.5, 0.6) is 5.75 Å². The van der Waals surface area contributed by atoms with Gasteiger partial charge in [0.25, 0.3) is 5.91 Å². The number of amides is 1. The first-order valence-corrected chi connectivity index (χ1v) is 8.79. The summed E-state index contributed by atoms with van der Waals surface area (Å²) in [5.74, 6) is 0.788. The van der Waals surface area contributed by atoms with Crippen molar-refractivity contribution in [2.75, 3.05) is 6.54 Å². The second kappa shape index (κ2) is 10.4. The van der Waals surface area contributed by atoms with Crippen molar-refractivity contribution in [3.05, 3.63) is 29.8 Å². The molecule has 0 radical (unpaired) electrons. The fourth-order valence-electron chi connectivity index (χ4n) is 3.25. The maximum Gasteiger partial charge on any atom is 0.261 e. The molecule has 0 heterocycles. The molecular weight excluding hydrogens is 340 g/mol. The van der Waals surface area contributed by atoms with Gasteiger partial charge in [-0.3, -0.25) is 9.59 Å². The molecule has 2 rings (SSSR count). The highest BCUT2D eigenvalue weighted by molar-refractivity contribution is 5.94. The number of rotatable bonds is 7. The Balaban J connectivity index is 0.00000312. The Labute approximate surface area is 156 Å². The zero-order valence-electron chi connectivity index (χ0n) is 15.0. The second-order valence-corrected chi connectivity index (χ2v) is 6.59. The van der Waals surface area contributed by atoms with Crippen molar-refractivity contribution in [3.8, 4) is 5.75 Å². The van der Waals surface area contributed by atoms with Crippen LogP contribution in [0.15, 0.2) is 24.3 Å². The molecule has 1 aliphatic carbocycles. The molecule has 0 bridgehead atoms. The zero-order chi connectivity index (χ0) is 17.5. The third-order valence-corrected chi connectivity index (χ3v) is 4.72. The lowest BCUT2D eigenvalue weighted by Gasteiger charge is -2.30. The van der Waals surface area contributed by atoms with E-state index in [0.29, 0.717) is 23.8 Å². The lowest BCUT2D eigenvalue weighted by molar-refractivity contribution is -0.128. The van der Waals surface area contributed by atoms with E-state index in [0.717, 1.165) is 12.8 Å². The number of benzene rings is 1. The van der Waals surface area contributed by atoms with E-state index in [1.54, 1.807) is 31.2 Å². The molecule has 6 heteroatoms. The normalized spacial score (nSPS) is 17.1. The monoisotopic (exact) mass is 368 g/mol. The van der Waals surface area contributed by atoms with Gasteiger partial charge in [-0.05, 0) is 44.7 Å². The Kier molecular flexibility index (Phi) is 8.93. The minimum atomic E-state index is -0.634. The summed E-state index contributed by atoms with van der Waals surface area (Å²) in [5, 5.41) is 3.04. The van der Waals surface area contributed by atoms with Crippen LogP contribution in [0.25, 0.3) is 0 Å². The lowest BCUT2D eigenvalue weighted by atomic mass is 9.84. The van der Waals surface area contributed by atoms with Gasteiger partial charge in [-0.2, -0.15) is 0 Å². The van der Waals surface area contributed by atoms with Crippen LogP contribution in [0, 0.1) is 5.92 Å². The fourth-order valence-corrected chi connectivity index (χ4v) is 3.25. The molecule has 1 amide bonds. The van der Waals surface area contributed by atoms with Gasteiger partial charge in [0.1, 0.15) is 5.75 Å². The average molecular weight is 369 g/mol. The van der Waals surface area contributed by atoms with Crippen molar-refractivity contribution in [1.82, 2.24) is 5.32 Å². The van der Waals surface area contributed by atoms with Gasteiger partial charge in [-0.15, -0.1) is 12.4 Å². The predicted molar refractivity (Wildman–Crippen MR) is 101 cm³/mol. The van der Waals surface area contributed by atoms with Gasteiger partial charge < -0.3 is 15.8 Å². The Morgan fingerprint density at radius 3 is 2.56 bits per heavy atom. The molecule has 1 aliphatic rings. The number of carbonyl (C=O) groups is 2. The van der Waals surface area contributed by atoms with Crippen molar-refractivity contribution in [2.24, 2.45) is 11.7 Å². The van der Waals surface area contributed by atoms with Gasteiger partial charge in [0, 0.05) is 18.2 Å². The van der Waals surface area contributed by atoms with Gasteiger partial charge in [-0.1, -0.05) is 31.4 Å². The molecule has 0 aliphatic heterocycles. The smallest absolute Gasteiger partial charge is 0.261 e. The number of nitrogens with two attached hydrogens (primary N) is 1. The van der Waals surface area contributed by atoms with Gasteiger partial charge in [0.2, 0.25) is 0 Å². The molecule has 1 fully saturated rings. The van der Waals surface area contributed by atoms with E-state index < -0.39 is 6.10 Å². The number of nitrogens with one attached hydrogen (secondary N) is 1. The molecule has 25 heavy (non-hydrogen) atoms. The molecule has 0 saturated heterocycles. The molecular formula is C19H29ClN2O3. The third kappa shape index (κ3) is 6.33. The number of hydrogen-bond acceptors (Lipinski definition) is 4. The SMILES string of the molecule is CC(=O)c1cccc(OC(C)C(=O)NC(CN)C2CCCCC2)c1.Cl. The molecule has 1 aromatic carbocycles. The van der Waals surface area contributed by atoms with Crippen molar-refractivity contribution < 1.29 is 14.3 Å². The van der Waals surface area contributed by atoms with E-state index in [1.165, 1.54) is 26.2 Å². The van der Waals surface area contributed by atoms with Crippen LogP contribution in [-0.4, -0.2) is 30.4 Å². The maximum absolute atomic E-state index is 12.4. The van der Waals surface area contributed by atoms with E-state index in [9.17, 15) is 9.59 Å². The Bertz CT molecular complexity index is 574. The summed E-state index contributed by atoms with van der Waals surface area (Å²) in [4.78, 5) is 23.8. The maximum atomic E-state index is 12.4. The second-order valence-electron chi connectivity index (χ2n) is 6.59. The minimum absolute atomic E-state index is 0. The van der Waals surface area contributed by atoms with Crippen molar-refractivity contribution in [1.29, 1.82) is 0 Å². The van der Waals surface area contributed by atoms with E-state index >= 15 is 0 Å². The highest BCUT2D eigenvalue weighted by Gasteiger charge is 2.26. The Hall–Kier alpha value is -1.59. The number of hydrogen-bond donors (Lipinski definition) is 2. The van der Waals surface area contributed by atoms with Crippen LogP contribution in [-0.2, 0) is 4.79 Å². The summed E-state index contributed by atoms with van der Waals surface area (Å²) in [5.41, 5.74) is 6.44. The van der Waals surface area contributed by atoms with E-state index in [-0.39, 0.29) is 30.1 Å². The summed E-state index contributed by atoms with van der Waals surface area (Å²) in [6.07, 6.45) is 5.30. The van der Waals surface area contributed by atoms with E-state index in [1.807, 2.05) is 0 Å². The van der Waals surface area contributed by atoms with Gasteiger partial charge in [0.05, 0.1) is 0 Å². The molecule has 1 saturated carbocycles. The molecule has 2 atom stereocenters. The molecule has 0 spiro atoms. The first kappa shape index (κ1) is 21.5. The highest BCUT2D eigenvalue weighted by atomic mass is 35.5. The van der Waals surface area contributed by atoms with Crippen LogP contribution >= 0.6 is 12.4 Å². The minimum Gasteiger partial charge on any atom is -0.481 e. The van der Waals surface area contributed by atoms with Crippen LogP contribution in [0.3, 0.4) is 0 Å². The van der Waals surface area contributed by atoms with Crippen LogP contribution < -0.4 is 15.8 Å². The number of carbonyl (C=O) groups excluding carboxylic acids is 2. The third-order valence-electron chi connectivity index (χ3n) is 4.72. The first-order chi connectivity index (χ1) is 11.5. The van der Waals surface area contributed by atoms with Crippen LogP contribution in [0.1, 0.15) is 56.3 Å². The van der Waals surface area contributed by atoms with Crippen molar-refractivity contribution in [3.63, 3.8) is 0 Å². The van der Waals surface area contributed by atoms with E-state index in [2.05, 4.69) is 5.32 Å². The Morgan fingerprint density at radius 1 is 1.28 bits per heavy atom. The summed E-state index contributed by atoms with van der Waals surface area (Å²) in [7, 11) is 0. The number of Topliss-reactive ketones (excluding diaryl/α,β-unsaturated/α-hetero) is 1. The topological polar surface area (TPSA) is 81.4 Å². The lowest BCUT2D eigenvalue weighted by Crippen LogP contribution is -2.49. The summed E-state index contributed by atoms with van der Waals surface area (Å²) < 4.78 is 5.69. The molecule has 3 N–H and O–H groups in total. The summed E-state index contributed by atoms with van der Waals surface area (Å²) >= 11 is 0. The Morgan fingerprint density at radius 2 is 1.96 bits per heavy atom. The first-order valence-electron chi connectivity index (χ1n) is 8.79. The summed E-state index contributed by atoms with van der Waals surface area (Å²) in [6, 6.07) is 6.90. The number of halogens is 1. The van der Waals surface area contributed by atoms with Crippen molar-refractivity contribution >= 4 is 24.1 Å². The predicted octanol–water partition coefficient (Wildman–Crippen LogP) is 3.10. The van der Waals surface area contributed by atoms with Crippen LogP contribution in [0.4, 0.5) is 0 Å². The zero-order valence-corrected chi connectivity index (χ0v) is 15.8. The van der Waals surface area contributed by atoms with Gasteiger partial charge >= 0.3 is 0 Å². The molecule has 0 aromatic heterocycles.